The Balaban J connectivity index is 1.90. The summed E-state index contributed by atoms with van der Waals surface area (Å²) in [5.74, 6) is -0.581. The first kappa shape index (κ1) is 18.4. The summed E-state index contributed by atoms with van der Waals surface area (Å²) in [6, 6.07) is 9.73. The van der Waals surface area contributed by atoms with Gasteiger partial charge in [0.05, 0.1) is 19.1 Å². The van der Waals surface area contributed by atoms with E-state index in [1.54, 1.807) is 0 Å². The third kappa shape index (κ3) is 2.32. The second kappa shape index (κ2) is 6.59. The number of nitrogens with zero attached hydrogens (tertiary/aromatic N) is 2. The lowest BCUT2D eigenvalue weighted by atomic mass is 9.63. The number of nitro groups is 1. The van der Waals surface area contributed by atoms with Gasteiger partial charge in [0.2, 0.25) is 5.54 Å². The number of rotatable bonds is 4. The third-order valence-electron chi connectivity index (χ3n) is 7.50. The number of methoxy groups -OCH3 is 1. The van der Waals surface area contributed by atoms with Crippen LogP contribution in [-0.2, 0) is 9.53 Å². The summed E-state index contributed by atoms with van der Waals surface area (Å²) in [5.41, 5.74) is -0.821. The Morgan fingerprint density at radius 1 is 1.26 bits per heavy atom. The molecule has 0 radical (unpaired) electrons. The van der Waals surface area contributed by atoms with Gasteiger partial charge < -0.3 is 4.74 Å². The molecule has 6 nitrogen and oxygen atoms in total. The average Bonchev–Trinajstić information content (AvgIpc) is 3.22. The number of carbonyl (C=O) groups is 1. The molecule has 2 saturated heterocycles. The van der Waals surface area contributed by atoms with Gasteiger partial charge in [0.1, 0.15) is 5.54 Å². The van der Waals surface area contributed by atoms with Gasteiger partial charge in [-0.05, 0) is 37.8 Å². The maximum absolute atomic E-state index is 13.1. The van der Waals surface area contributed by atoms with Crippen LogP contribution >= 0.6 is 0 Å². The predicted molar refractivity (Wildman–Crippen MR) is 101 cm³/mol. The topological polar surface area (TPSA) is 72.7 Å². The van der Waals surface area contributed by atoms with Crippen molar-refractivity contribution >= 4 is 5.97 Å². The van der Waals surface area contributed by atoms with Crippen LogP contribution in [0.1, 0.15) is 56.9 Å². The molecule has 1 aromatic carbocycles. The van der Waals surface area contributed by atoms with Crippen molar-refractivity contribution in [1.82, 2.24) is 4.90 Å². The first-order valence-corrected chi connectivity index (χ1v) is 10.0. The van der Waals surface area contributed by atoms with E-state index in [4.69, 9.17) is 4.74 Å². The van der Waals surface area contributed by atoms with Gasteiger partial charge >= 0.3 is 5.97 Å². The van der Waals surface area contributed by atoms with E-state index < -0.39 is 11.1 Å². The minimum atomic E-state index is -1.08. The molecule has 3 fully saturated rings. The first-order chi connectivity index (χ1) is 13.0. The zero-order valence-electron chi connectivity index (χ0n) is 16.1. The molecule has 0 amide bonds. The summed E-state index contributed by atoms with van der Waals surface area (Å²) in [5, 5.41) is 12.6. The second-order valence-corrected chi connectivity index (χ2v) is 8.40. The Morgan fingerprint density at radius 3 is 2.67 bits per heavy atom. The molecular formula is C21H28N2O4. The molecule has 1 saturated carbocycles. The summed E-state index contributed by atoms with van der Waals surface area (Å²) < 4.78 is 5.24. The summed E-state index contributed by atoms with van der Waals surface area (Å²) in [4.78, 5) is 27.8. The monoisotopic (exact) mass is 372 g/mol. The average molecular weight is 372 g/mol. The molecule has 2 aliphatic heterocycles. The summed E-state index contributed by atoms with van der Waals surface area (Å²) in [6.45, 7) is 2.81. The maximum Gasteiger partial charge on any atom is 0.326 e. The maximum atomic E-state index is 13.1. The van der Waals surface area contributed by atoms with Crippen LogP contribution in [0.5, 0.6) is 0 Å². The molecule has 5 atom stereocenters. The SMILES string of the molecule is COC(=O)[C@]12CCCN1[C@@H](C(C)c1ccccc1)[C@]1([N+](=O)[O-])CCCC[C@@H]12. The molecule has 0 aromatic heterocycles. The van der Waals surface area contributed by atoms with Gasteiger partial charge in [0, 0.05) is 17.3 Å². The Kier molecular flexibility index (Phi) is 4.49. The zero-order chi connectivity index (χ0) is 19.2. The van der Waals surface area contributed by atoms with E-state index in [0.29, 0.717) is 12.8 Å². The Bertz CT molecular complexity index is 739. The minimum Gasteiger partial charge on any atom is -0.468 e. The number of esters is 1. The quantitative estimate of drug-likeness (QED) is 0.460. The van der Waals surface area contributed by atoms with Crippen LogP contribution in [0.4, 0.5) is 0 Å². The van der Waals surface area contributed by atoms with Crippen molar-refractivity contribution in [3.8, 4) is 0 Å². The highest BCUT2D eigenvalue weighted by Crippen LogP contribution is 2.61. The van der Waals surface area contributed by atoms with E-state index in [0.717, 1.165) is 37.8 Å². The second-order valence-electron chi connectivity index (χ2n) is 8.40. The van der Waals surface area contributed by atoms with Crippen LogP contribution in [0.15, 0.2) is 30.3 Å². The summed E-state index contributed by atoms with van der Waals surface area (Å²) in [7, 11) is 1.41. The molecule has 27 heavy (non-hydrogen) atoms. The van der Waals surface area contributed by atoms with Gasteiger partial charge in [-0.3, -0.25) is 19.8 Å². The highest BCUT2D eigenvalue weighted by atomic mass is 16.6. The van der Waals surface area contributed by atoms with E-state index in [-0.39, 0.29) is 28.8 Å². The molecule has 0 N–H and O–H groups in total. The van der Waals surface area contributed by atoms with Crippen molar-refractivity contribution < 1.29 is 14.5 Å². The van der Waals surface area contributed by atoms with E-state index in [1.165, 1.54) is 7.11 Å². The molecule has 4 rings (SSSR count). The Morgan fingerprint density at radius 2 is 2.00 bits per heavy atom. The molecule has 0 spiro atoms. The van der Waals surface area contributed by atoms with Crippen LogP contribution in [0.25, 0.3) is 0 Å². The van der Waals surface area contributed by atoms with Gasteiger partial charge in [0.25, 0.3) is 0 Å². The molecule has 1 aromatic rings. The number of hydrogen-bond acceptors (Lipinski definition) is 5. The van der Waals surface area contributed by atoms with Crippen molar-refractivity contribution in [2.24, 2.45) is 5.92 Å². The highest BCUT2D eigenvalue weighted by molar-refractivity contribution is 5.83. The van der Waals surface area contributed by atoms with E-state index in [1.807, 2.05) is 30.3 Å². The fraction of sp³-hybridized carbons (Fsp3) is 0.667. The van der Waals surface area contributed by atoms with Crippen molar-refractivity contribution in [1.29, 1.82) is 0 Å². The number of benzene rings is 1. The standard InChI is InChI=1S/C21H28N2O4/c1-15(16-9-4-3-5-10-16)18-20(23(25)26)12-7-6-11-17(20)21(19(24)27-2)13-8-14-22(18)21/h3-5,9-10,15,17-18H,6-8,11-14H2,1-2H3/t15?,17-,18-,20-,21+/m0/s1. The highest BCUT2D eigenvalue weighted by Gasteiger charge is 2.78. The van der Waals surface area contributed by atoms with Crippen molar-refractivity contribution in [2.75, 3.05) is 13.7 Å². The van der Waals surface area contributed by atoms with Crippen LogP contribution in [-0.4, -0.2) is 46.6 Å². The largest absolute Gasteiger partial charge is 0.468 e. The smallest absolute Gasteiger partial charge is 0.326 e. The number of fused-ring (bicyclic) bond motifs is 3. The molecule has 1 aliphatic carbocycles. The molecule has 146 valence electrons. The molecular weight excluding hydrogens is 344 g/mol. The van der Waals surface area contributed by atoms with Gasteiger partial charge in [-0.15, -0.1) is 0 Å². The normalized spacial score (nSPS) is 36.7. The molecule has 0 bridgehead atoms. The zero-order valence-corrected chi connectivity index (χ0v) is 16.1. The third-order valence-corrected chi connectivity index (χ3v) is 7.50. The number of carbonyl (C=O) groups excluding carboxylic acids is 1. The number of hydrogen-bond donors (Lipinski definition) is 0. The molecule has 3 aliphatic rings. The van der Waals surface area contributed by atoms with Crippen molar-refractivity contribution in [2.45, 2.75) is 68.5 Å². The first-order valence-electron chi connectivity index (χ1n) is 10.0. The summed E-state index contributed by atoms with van der Waals surface area (Å²) in [6.07, 6.45) is 4.61. The van der Waals surface area contributed by atoms with Gasteiger partial charge in [-0.1, -0.05) is 43.7 Å². The lowest BCUT2D eigenvalue weighted by Crippen LogP contribution is -2.57. The Hall–Kier alpha value is -1.95. The lowest BCUT2D eigenvalue weighted by molar-refractivity contribution is -0.587. The van der Waals surface area contributed by atoms with Crippen molar-refractivity contribution in [3.63, 3.8) is 0 Å². The lowest BCUT2D eigenvalue weighted by Gasteiger charge is -2.39. The van der Waals surface area contributed by atoms with Gasteiger partial charge in [0.15, 0.2) is 0 Å². The Labute approximate surface area is 160 Å². The summed E-state index contributed by atoms with van der Waals surface area (Å²) >= 11 is 0. The van der Waals surface area contributed by atoms with Crippen LogP contribution in [0.2, 0.25) is 0 Å². The van der Waals surface area contributed by atoms with E-state index >= 15 is 0 Å². The van der Waals surface area contributed by atoms with Gasteiger partial charge in [-0.25, -0.2) is 0 Å². The van der Waals surface area contributed by atoms with Crippen LogP contribution < -0.4 is 0 Å². The van der Waals surface area contributed by atoms with Crippen molar-refractivity contribution in [3.05, 3.63) is 46.0 Å². The van der Waals surface area contributed by atoms with E-state index in [2.05, 4.69) is 11.8 Å². The molecule has 1 unspecified atom stereocenters. The predicted octanol–water partition coefficient (Wildman–Crippen LogP) is 3.39. The fourth-order valence-electron chi connectivity index (χ4n) is 6.59. The number of ether oxygens (including phenoxy) is 1. The van der Waals surface area contributed by atoms with Crippen LogP contribution in [0, 0.1) is 16.0 Å². The van der Waals surface area contributed by atoms with Gasteiger partial charge in [-0.2, -0.15) is 0 Å². The fourth-order valence-corrected chi connectivity index (χ4v) is 6.59. The van der Waals surface area contributed by atoms with E-state index in [9.17, 15) is 14.9 Å². The minimum absolute atomic E-state index is 0.0261. The van der Waals surface area contributed by atoms with Crippen LogP contribution in [0.3, 0.4) is 0 Å². The molecule has 2 heterocycles. The molecule has 6 heteroatoms.